The molecule has 29 heavy (non-hydrogen) atoms. The topological polar surface area (TPSA) is 37.9 Å². The Bertz CT molecular complexity index is 1010. The van der Waals surface area contributed by atoms with Crippen molar-refractivity contribution < 1.29 is 4.43 Å². The van der Waals surface area contributed by atoms with Gasteiger partial charge in [0.25, 0.3) is 8.32 Å². The smallest absolute Gasteiger partial charge is 0.262 e. The molecule has 0 amide bonds. The lowest BCUT2D eigenvalue weighted by molar-refractivity contribution is 0.202. The summed E-state index contributed by atoms with van der Waals surface area (Å²) < 4.78 is 7.14. The molecule has 0 radical (unpaired) electrons. The predicted octanol–water partition coefficient (Wildman–Crippen LogP) is 5.20. The molecule has 0 saturated carbocycles. The molecule has 3 nitrogen and oxygen atoms in total. The monoisotopic (exact) mass is 400 g/mol. The summed E-state index contributed by atoms with van der Waals surface area (Å²) >= 11 is 0. The number of nitrogens with one attached hydrogen (secondary N) is 1. The zero-order valence-corrected chi connectivity index (χ0v) is 18.5. The molecule has 0 saturated heterocycles. The van der Waals surface area contributed by atoms with E-state index in [-0.39, 0.29) is 11.1 Å². The number of aromatic nitrogens is 2. The first-order valence-corrected chi connectivity index (χ1v) is 12.1. The van der Waals surface area contributed by atoms with Crippen molar-refractivity contribution in [3.8, 4) is 0 Å². The largest absolute Gasteiger partial charge is 0.398 e. The van der Waals surface area contributed by atoms with E-state index in [0.29, 0.717) is 0 Å². The van der Waals surface area contributed by atoms with E-state index in [1.165, 1.54) is 10.4 Å². The molecule has 0 aliphatic carbocycles. The molecule has 0 spiro atoms. The van der Waals surface area contributed by atoms with Gasteiger partial charge >= 0.3 is 0 Å². The average molecular weight is 401 g/mol. The molecule has 148 valence electrons. The van der Waals surface area contributed by atoms with E-state index in [1.807, 2.05) is 18.2 Å². The fourth-order valence-corrected chi connectivity index (χ4v) is 8.83. The van der Waals surface area contributed by atoms with Crippen molar-refractivity contribution in [2.45, 2.75) is 38.8 Å². The van der Waals surface area contributed by atoms with Gasteiger partial charge in [-0.05, 0) is 34.5 Å². The molecule has 1 heterocycles. The van der Waals surface area contributed by atoms with Crippen LogP contribution in [0, 0.1) is 0 Å². The summed E-state index contributed by atoms with van der Waals surface area (Å²) in [5, 5.41) is 2.50. The van der Waals surface area contributed by atoms with E-state index >= 15 is 0 Å². The van der Waals surface area contributed by atoms with Crippen LogP contribution >= 0.6 is 0 Å². The van der Waals surface area contributed by atoms with Crippen LogP contribution in [0.5, 0.6) is 0 Å². The van der Waals surface area contributed by atoms with Crippen LogP contribution in [0.1, 0.15) is 39.6 Å². The van der Waals surface area contributed by atoms with Gasteiger partial charge in [-0.3, -0.25) is 0 Å². The Kier molecular flexibility index (Phi) is 5.15. The van der Waals surface area contributed by atoms with Crippen molar-refractivity contribution in [3.05, 3.63) is 90.8 Å². The zero-order chi connectivity index (χ0) is 20.5. The molecule has 1 unspecified atom stereocenters. The highest BCUT2D eigenvalue weighted by Crippen LogP contribution is 2.39. The minimum absolute atomic E-state index is 0.0595. The number of rotatable bonds is 5. The molecular weight excluding hydrogens is 372 g/mol. The Morgan fingerprint density at radius 1 is 0.793 bits per heavy atom. The average Bonchev–Trinajstić information content (AvgIpc) is 3.17. The number of hydrogen-bond donors (Lipinski definition) is 1. The molecule has 0 aliphatic heterocycles. The van der Waals surface area contributed by atoms with Gasteiger partial charge in [-0.25, -0.2) is 4.98 Å². The Labute approximate surface area is 173 Å². The first kappa shape index (κ1) is 19.6. The second-order valence-electron chi connectivity index (χ2n) is 8.56. The second kappa shape index (κ2) is 7.62. The highest BCUT2D eigenvalue weighted by atomic mass is 28.4. The third-order valence-corrected chi connectivity index (χ3v) is 10.7. The van der Waals surface area contributed by atoms with Gasteiger partial charge in [0.05, 0.1) is 11.0 Å². The Balaban J connectivity index is 1.85. The molecule has 4 aromatic rings. The van der Waals surface area contributed by atoms with Crippen LogP contribution < -0.4 is 10.4 Å². The van der Waals surface area contributed by atoms with Gasteiger partial charge in [-0.15, -0.1) is 0 Å². The molecule has 3 aromatic carbocycles. The standard InChI is InChI=1S/C25H28N2OSi/c1-19(24-26-22-17-11-12-18-23(22)27-24)28-29(25(2,3)4,20-13-7-5-8-14-20)21-15-9-6-10-16-21/h5-19H,1-4H3,(H,26,27). The van der Waals surface area contributed by atoms with Crippen molar-refractivity contribution in [2.75, 3.05) is 0 Å². The van der Waals surface area contributed by atoms with Crippen molar-refractivity contribution in [2.24, 2.45) is 0 Å². The van der Waals surface area contributed by atoms with E-state index in [1.54, 1.807) is 0 Å². The number of H-pyrrole nitrogens is 1. The van der Waals surface area contributed by atoms with Crippen molar-refractivity contribution in [1.29, 1.82) is 0 Å². The molecule has 1 atom stereocenters. The maximum Gasteiger partial charge on any atom is 0.262 e. The minimum Gasteiger partial charge on any atom is -0.398 e. The number of hydrogen-bond acceptors (Lipinski definition) is 2. The molecule has 0 bridgehead atoms. The van der Waals surface area contributed by atoms with Crippen LogP contribution in [0.15, 0.2) is 84.9 Å². The zero-order valence-electron chi connectivity index (χ0n) is 17.5. The first-order chi connectivity index (χ1) is 13.9. The molecule has 0 fully saturated rings. The summed E-state index contributed by atoms with van der Waals surface area (Å²) in [6, 6.07) is 29.6. The second-order valence-corrected chi connectivity index (χ2v) is 12.8. The van der Waals surface area contributed by atoms with Gasteiger partial charge in [0.1, 0.15) is 11.9 Å². The third kappa shape index (κ3) is 3.54. The van der Waals surface area contributed by atoms with Crippen LogP contribution in [0.25, 0.3) is 11.0 Å². The first-order valence-electron chi connectivity index (χ1n) is 10.2. The summed E-state index contributed by atoms with van der Waals surface area (Å²) in [6.07, 6.45) is -0.159. The van der Waals surface area contributed by atoms with Crippen molar-refractivity contribution in [1.82, 2.24) is 9.97 Å². The fraction of sp³-hybridized carbons (Fsp3) is 0.240. The number of benzene rings is 3. The van der Waals surface area contributed by atoms with Crippen LogP contribution in [0.2, 0.25) is 5.04 Å². The highest BCUT2D eigenvalue weighted by Gasteiger charge is 2.51. The lowest BCUT2D eigenvalue weighted by Gasteiger charge is -2.44. The minimum atomic E-state index is -2.60. The molecule has 1 N–H and O–H groups in total. The number of imidazole rings is 1. The van der Waals surface area contributed by atoms with Crippen LogP contribution in [0.3, 0.4) is 0 Å². The van der Waals surface area contributed by atoms with Gasteiger partial charge in [0.15, 0.2) is 0 Å². The maximum absolute atomic E-state index is 7.14. The van der Waals surface area contributed by atoms with Crippen LogP contribution in [-0.2, 0) is 4.43 Å². The Hall–Kier alpha value is -2.69. The lowest BCUT2D eigenvalue weighted by atomic mass is 10.2. The van der Waals surface area contributed by atoms with Crippen LogP contribution in [0.4, 0.5) is 0 Å². The molecule has 1 aromatic heterocycles. The molecule has 4 heteroatoms. The molecule has 4 rings (SSSR count). The quantitative estimate of drug-likeness (QED) is 0.468. The van der Waals surface area contributed by atoms with E-state index < -0.39 is 8.32 Å². The van der Waals surface area contributed by atoms with Gasteiger partial charge in [-0.2, -0.15) is 0 Å². The normalized spacial score (nSPS) is 13.5. The summed E-state index contributed by atoms with van der Waals surface area (Å²) in [4.78, 5) is 8.27. The van der Waals surface area contributed by atoms with Gasteiger partial charge in [-0.1, -0.05) is 93.6 Å². The molecular formula is C25H28N2OSi. The number of fused-ring (bicyclic) bond motifs is 1. The summed E-state index contributed by atoms with van der Waals surface area (Å²) in [6.45, 7) is 9.00. The van der Waals surface area contributed by atoms with Gasteiger partial charge in [0, 0.05) is 0 Å². The highest BCUT2D eigenvalue weighted by molar-refractivity contribution is 6.99. The van der Waals surface area contributed by atoms with Crippen LogP contribution in [-0.4, -0.2) is 18.3 Å². The summed E-state index contributed by atoms with van der Waals surface area (Å²) in [7, 11) is -2.60. The number of nitrogens with zero attached hydrogens (tertiary/aromatic N) is 1. The van der Waals surface area contributed by atoms with E-state index in [2.05, 4.69) is 99.4 Å². The Morgan fingerprint density at radius 2 is 1.31 bits per heavy atom. The number of para-hydroxylation sites is 2. The predicted molar refractivity (Wildman–Crippen MR) is 123 cm³/mol. The Morgan fingerprint density at radius 3 is 1.83 bits per heavy atom. The molecule has 0 aliphatic rings. The third-order valence-electron chi connectivity index (χ3n) is 5.56. The fourth-order valence-electron chi connectivity index (χ4n) is 4.18. The maximum atomic E-state index is 7.14. The van der Waals surface area contributed by atoms with Crippen molar-refractivity contribution in [3.63, 3.8) is 0 Å². The lowest BCUT2D eigenvalue weighted by Crippen LogP contribution is -2.66. The van der Waals surface area contributed by atoms with Gasteiger partial charge in [0.2, 0.25) is 0 Å². The summed E-state index contributed by atoms with van der Waals surface area (Å²) in [5.74, 6) is 0.874. The van der Waals surface area contributed by atoms with E-state index in [9.17, 15) is 0 Å². The summed E-state index contributed by atoms with van der Waals surface area (Å²) in [5.41, 5.74) is 2.01. The van der Waals surface area contributed by atoms with E-state index in [0.717, 1.165) is 16.9 Å². The number of aromatic amines is 1. The van der Waals surface area contributed by atoms with Crippen molar-refractivity contribution >= 4 is 29.7 Å². The van der Waals surface area contributed by atoms with Gasteiger partial charge < -0.3 is 9.41 Å². The van der Waals surface area contributed by atoms with E-state index in [4.69, 9.17) is 9.41 Å². The SMILES string of the molecule is CC(O[Si](c1ccccc1)(c1ccccc1)C(C)(C)C)c1nc2ccccc2[nH]1.